The lowest BCUT2D eigenvalue weighted by molar-refractivity contribution is 0.267. The van der Waals surface area contributed by atoms with Crippen LogP contribution in [0, 0.1) is 0 Å². The van der Waals surface area contributed by atoms with Crippen LogP contribution in [-0.2, 0) is 8.54 Å². The van der Waals surface area contributed by atoms with E-state index in [4.69, 9.17) is 30.8 Å². The summed E-state index contributed by atoms with van der Waals surface area (Å²) >= 11 is 0. The first-order chi connectivity index (χ1) is 10.5. The van der Waals surface area contributed by atoms with E-state index in [0.717, 1.165) is 51.4 Å². The average molecular weight is 381 g/mol. The Labute approximate surface area is 146 Å². The summed E-state index contributed by atoms with van der Waals surface area (Å²) in [6.07, 6.45) is 4.48. The molecule has 0 radical (unpaired) electrons. The first-order valence-electron chi connectivity index (χ1n) is 8.86. The maximum atomic E-state index is 6.40. The van der Waals surface area contributed by atoms with Crippen molar-refractivity contribution in [1.82, 2.24) is 0 Å². The van der Waals surface area contributed by atoms with E-state index >= 15 is 0 Å². The molecule has 1 aliphatic heterocycles. The van der Waals surface area contributed by atoms with Gasteiger partial charge in [-0.15, -0.1) is 0 Å². The predicted octanol–water partition coefficient (Wildman–Crippen LogP) is 1.76. The topological polar surface area (TPSA) is 123 Å². The van der Waals surface area contributed by atoms with Crippen LogP contribution >= 0.6 is 0 Å². The molecule has 8 N–H and O–H groups in total. The van der Waals surface area contributed by atoms with E-state index in [1.165, 1.54) is 12.1 Å². The Balaban J connectivity index is 0.000000502. The highest BCUT2D eigenvalue weighted by atomic mass is 28.4. The van der Waals surface area contributed by atoms with Crippen LogP contribution in [0.5, 0.6) is 0 Å². The van der Waals surface area contributed by atoms with Gasteiger partial charge in [-0.3, -0.25) is 0 Å². The van der Waals surface area contributed by atoms with Gasteiger partial charge in [-0.05, 0) is 83.1 Å². The minimum absolute atomic E-state index is 0.777. The van der Waals surface area contributed by atoms with E-state index in [-0.39, 0.29) is 0 Å². The SMILES string of the molecule is C[Si](C)(CCCN)O[Si](C)(C)CCCN.N[Si]1(N)CCCCO1. The molecule has 1 saturated heterocycles. The molecule has 23 heavy (non-hydrogen) atoms. The van der Waals surface area contributed by atoms with Gasteiger partial charge in [0, 0.05) is 6.61 Å². The van der Waals surface area contributed by atoms with Crippen molar-refractivity contribution in [3.8, 4) is 0 Å². The van der Waals surface area contributed by atoms with Gasteiger partial charge in [-0.1, -0.05) is 0 Å². The Morgan fingerprint density at radius 3 is 1.65 bits per heavy atom. The fraction of sp³-hybridized carbons (Fsp3) is 1.00. The standard InChI is InChI=1S/C10H28N2OSi2.C4H12N2OSi/c1-14(2,9-5-7-11)13-15(3,4)10-6-8-12;5-8(6)4-2-1-3-7-8/h5-12H2,1-4H3;1-6H2. The second-order valence-electron chi connectivity index (χ2n) is 7.67. The zero-order chi connectivity index (χ0) is 18.0. The summed E-state index contributed by atoms with van der Waals surface area (Å²) < 4.78 is 11.6. The smallest absolute Gasteiger partial charge is 0.346 e. The summed E-state index contributed by atoms with van der Waals surface area (Å²) in [6.45, 7) is 11.6. The van der Waals surface area contributed by atoms with E-state index in [9.17, 15) is 0 Å². The summed E-state index contributed by atoms with van der Waals surface area (Å²) in [5.41, 5.74) is 11.1. The molecule has 140 valence electrons. The monoisotopic (exact) mass is 380 g/mol. The summed E-state index contributed by atoms with van der Waals surface area (Å²) in [6, 6.07) is 3.29. The highest BCUT2D eigenvalue weighted by molar-refractivity contribution is 6.84. The first-order valence-corrected chi connectivity index (χ1v) is 17.4. The number of nitrogens with two attached hydrogens (primary N) is 4. The normalized spacial score (nSPS) is 18.3. The van der Waals surface area contributed by atoms with Crippen LogP contribution in [0.2, 0.25) is 44.3 Å². The Morgan fingerprint density at radius 1 is 0.913 bits per heavy atom. The Kier molecular flexibility index (Phi) is 11.3. The van der Waals surface area contributed by atoms with Crippen LogP contribution in [0.15, 0.2) is 0 Å². The van der Waals surface area contributed by atoms with Crippen molar-refractivity contribution >= 4 is 25.3 Å². The summed E-state index contributed by atoms with van der Waals surface area (Å²) in [5.74, 6) is 0. The number of hydrogen-bond donors (Lipinski definition) is 4. The largest absolute Gasteiger partial charge is 0.455 e. The molecule has 0 saturated carbocycles. The molecule has 0 atom stereocenters. The maximum absolute atomic E-state index is 6.40. The number of rotatable bonds is 8. The van der Waals surface area contributed by atoms with Crippen LogP contribution in [0.1, 0.15) is 25.7 Å². The van der Waals surface area contributed by atoms with E-state index in [1.807, 2.05) is 0 Å². The van der Waals surface area contributed by atoms with Crippen molar-refractivity contribution in [2.75, 3.05) is 19.7 Å². The van der Waals surface area contributed by atoms with Crippen LogP contribution < -0.4 is 22.3 Å². The molecule has 6 nitrogen and oxygen atoms in total. The van der Waals surface area contributed by atoms with Gasteiger partial charge in [0.15, 0.2) is 16.6 Å². The molecule has 1 fully saturated rings. The molecular formula is C14H40N4O2Si3. The molecule has 0 aromatic heterocycles. The number of hydrogen-bond acceptors (Lipinski definition) is 6. The van der Waals surface area contributed by atoms with Crippen molar-refractivity contribution in [1.29, 1.82) is 0 Å². The summed E-state index contributed by atoms with van der Waals surface area (Å²) in [5, 5.41) is 11.1. The van der Waals surface area contributed by atoms with Crippen molar-refractivity contribution in [2.45, 2.75) is 70.0 Å². The van der Waals surface area contributed by atoms with Gasteiger partial charge in [0.2, 0.25) is 0 Å². The van der Waals surface area contributed by atoms with E-state index in [1.54, 1.807) is 0 Å². The molecule has 0 unspecified atom stereocenters. The molecule has 1 rings (SSSR count). The molecule has 0 aliphatic carbocycles. The van der Waals surface area contributed by atoms with Crippen molar-refractivity contribution in [2.24, 2.45) is 22.3 Å². The molecular weight excluding hydrogens is 340 g/mol. The fourth-order valence-electron chi connectivity index (χ4n) is 2.74. The highest BCUT2D eigenvalue weighted by Crippen LogP contribution is 2.23. The van der Waals surface area contributed by atoms with E-state index in [0.29, 0.717) is 0 Å². The summed E-state index contributed by atoms with van der Waals surface area (Å²) in [7, 11) is -5.03. The quantitative estimate of drug-likeness (QED) is 0.476. The third-order valence-electron chi connectivity index (χ3n) is 3.85. The molecule has 0 spiro atoms. The van der Waals surface area contributed by atoms with Gasteiger partial charge < -0.3 is 30.8 Å². The highest BCUT2D eigenvalue weighted by Gasteiger charge is 2.31. The lowest BCUT2D eigenvalue weighted by Crippen LogP contribution is -2.60. The van der Waals surface area contributed by atoms with E-state index in [2.05, 4.69) is 26.2 Å². The molecule has 1 aliphatic rings. The van der Waals surface area contributed by atoms with Crippen LogP contribution in [0.3, 0.4) is 0 Å². The first kappa shape index (κ1) is 23.4. The Bertz CT molecular complexity index is 292. The van der Waals surface area contributed by atoms with Crippen molar-refractivity contribution in [3.05, 3.63) is 0 Å². The molecule has 0 bridgehead atoms. The molecule has 9 heteroatoms. The third-order valence-corrected chi connectivity index (χ3v) is 13.3. The lowest BCUT2D eigenvalue weighted by atomic mass is 10.4. The third kappa shape index (κ3) is 13.4. The van der Waals surface area contributed by atoms with Crippen molar-refractivity contribution < 1.29 is 8.54 Å². The lowest BCUT2D eigenvalue weighted by Gasteiger charge is -2.34. The minimum atomic E-state index is -2.09. The maximum Gasteiger partial charge on any atom is 0.346 e. The van der Waals surface area contributed by atoms with Crippen LogP contribution in [-0.4, -0.2) is 45.0 Å². The van der Waals surface area contributed by atoms with Gasteiger partial charge >= 0.3 is 8.64 Å². The van der Waals surface area contributed by atoms with E-state index < -0.39 is 25.3 Å². The second kappa shape index (κ2) is 11.1. The molecule has 0 aromatic rings. The zero-order valence-corrected chi connectivity index (χ0v) is 18.7. The van der Waals surface area contributed by atoms with Gasteiger partial charge in [0.25, 0.3) is 0 Å². The van der Waals surface area contributed by atoms with Gasteiger partial charge in [0.05, 0.1) is 0 Å². The summed E-state index contributed by atoms with van der Waals surface area (Å²) in [4.78, 5) is 0. The van der Waals surface area contributed by atoms with Crippen LogP contribution in [0.25, 0.3) is 0 Å². The Hall–Kier alpha value is 0.411. The molecule has 0 aromatic carbocycles. The zero-order valence-electron chi connectivity index (χ0n) is 15.7. The predicted molar refractivity (Wildman–Crippen MR) is 107 cm³/mol. The minimum Gasteiger partial charge on any atom is -0.455 e. The van der Waals surface area contributed by atoms with Gasteiger partial charge in [0.1, 0.15) is 0 Å². The average Bonchev–Trinajstić information content (AvgIpc) is 2.42. The van der Waals surface area contributed by atoms with Gasteiger partial charge in [-0.2, -0.15) is 0 Å². The van der Waals surface area contributed by atoms with Gasteiger partial charge in [-0.25, -0.2) is 0 Å². The molecule has 0 amide bonds. The van der Waals surface area contributed by atoms with Crippen LogP contribution in [0.4, 0.5) is 0 Å². The fourth-order valence-corrected chi connectivity index (χ4v) is 13.1. The van der Waals surface area contributed by atoms with Crippen molar-refractivity contribution in [3.63, 3.8) is 0 Å². The molecule has 1 heterocycles. The second-order valence-corrected chi connectivity index (χ2v) is 19.2. The Morgan fingerprint density at radius 2 is 1.39 bits per heavy atom.